The maximum atomic E-state index is 13.6. The van der Waals surface area contributed by atoms with Crippen molar-refractivity contribution in [2.24, 2.45) is 46.3 Å². The molecule has 0 aromatic carbocycles. The molecule has 0 heterocycles. The Balaban J connectivity index is 1.43. The summed E-state index contributed by atoms with van der Waals surface area (Å²) < 4.78 is 0. The molecule has 4 rings (SSSR count). The largest absolute Gasteiger partial charge is 0.481 e. The molecule has 4 aliphatic carbocycles. The van der Waals surface area contributed by atoms with Gasteiger partial charge < -0.3 is 51.3 Å². The number of aliphatic hydroxyl groups excluding tert-OH is 4. The van der Waals surface area contributed by atoms with Crippen molar-refractivity contribution in [2.45, 2.75) is 141 Å². The van der Waals surface area contributed by atoms with Crippen LogP contribution in [-0.4, -0.2) is 185 Å². The van der Waals surface area contributed by atoms with Gasteiger partial charge in [-0.2, -0.15) is 0 Å². The van der Waals surface area contributed by atoms with Gasteiger partial charge in [0.25, 0.3) is 0 Å². The Kier molecular flexibility index (Phi) is 18.7. The molecule has 0 spiro atoms. The van der Waals surface area contributed by atoms with Crippen LogP contribution in [-0.2, 0) is 24.1 Å². The Labute approximate surface area is 358 Å². The predicted molar refractivity (Wildman–Crippen MR) is 218 cm³/mol. The van der Waals surface area contributed by atoms with Crippen molar-refractivity contribution in [3.63, 3.8) is 0 Å². The molecule has 0 radical (unpaired) electrons. The van der Waals surface area contributed by atoms with Crippen LogP contribution in [0.2, 0.25) is 0 Å². The first kappa shape index (κ1) is 51.1. The van der Waals surface area contributed by atoms with Crippen molar-refractivity contribution in [3.8, 4) is 0 Å². The van der Waals surface area contributed by atoms with Gasteiger partial charge in [0.1, 0.15) is 0 Å². The summed E-state index contributed by atoms with van der Waals surface area (Å²) in [6.07, 6.45) is 1.23. The van der Waals surface area contributed by atoms with Crippen molar-refractivity contribution >= 4 is 23.8 Å². The highest BCUT2D eigenvalue weighted by atomic mass is 17.1. The van der Waals surface area contributed by atoms with Crippen LogP contribution in [0.4, 0.5) is 0 Å². The number of nitrogens with one attached hydrogen (secondary N) is 1. The maximum Gasteiger partial charge on any atom is 0.317 e. The number of aliphatic hydroxyl groups is 6. The van der Waals surface area contributed by atoms with Crippen LogP contribution < -0.4 is 5.32 Å². The molecular weight excluding hydrogens is 800 g/mol. The van der Waals surface area contributed by atoms with Crippen LogP contribution in [0.1, 0.15) is 98.3 Å². The average Bonchev–Trinajstić information content (AvgIpc) is 3.52. The third-order valence-electron chi connectivity index (χ3n) is 15.6. The minimum atomic E-state index is -1.80. The van der Waals surface area contributed by atoms with Gasteiger partial charge in [0.2, 0.25) is 5.91 Å². The first-order valence-corrected chi connectivity index (χ1v) is 22.1. The second kappa shape index (κ2) is 22.4. The highest BCUT2D eigenvalue weighted by molar-refractivity contribution is 5.76. The Morgan fingerprint density at radius 1 is 0.770 bits per heavy atom. The number of carboxylic acids is 3. The zero-order valence-electron chi connectivity index (χ0n) is 36.3. The van der Waals surface area contributed by atoms with Crippen LogP contribution in [0.5, 0.6) is 0 Å². The summed E-state index contributed by atoms with van der Waals surface area (Å²) in [5.41, 5.74) is -0.553. The number of carbonyl (C=O) groups excluding carboxylic acids is 1. The smallest absolute Gasteiger partial charge is 0.317 e. The van der Waals surface area contributed by atoms with E-state index >= 15 is 0 Å². The summed E-state index contributed by atoms with van der Waals surface area (Å²) in [6.45, 7) is 6.27. The molecule has 0 aliphatic heterocycles. The fraction of sp³-hybridized carbons (Fsp3) is 0.905. The zero-order chi connectivity index (χ0) is 45.4. The normalized spacial score (nSPS) is 32.7. The van der Waals surface area contributed by atoms with Crippen LogP contribution >= 0.6 is 0 Å². The fourth-order valence-corrected chi connectivity index (χ4v) is 12.5. The highest BCUT2D eigenvalue weighted by Gasteiger charge is 2.65. The van der Waals surface area contributed by atoms with Crippen LogP contribution in [0.3, 0.4) is 0 Å². The number of nitrogens with zero attached hydrogens (tertiary/aromatic N) is 3. The number of carbonyl (C=O) groups is 4. The third-order valence-corrected chi connectivity index (χ3v) is 15.6. The molecule has 0 bridgehead atoms. The van der Waals surface area contributed by atoms with Crippen molar-refractivity contribution in [3.05, 3.63) is 0 Å². The molecular formula is C42H74N4O15. The fourth-order valence-electron chi connectivity index (χ4n) is 12.5. The van der Waals surface area contributed by atoms with Gasteiger partial charge in [0.15, 0.2) is 12.6 Å². The predicted octanol–water partition coefficient (Wildman–Crippen LogP) is 0.296. The van der Waals surface area contributed by atoms with Crippen molar-refractivity contribution in [1.29, 1.82) is 0 Å². The van der Waals surface area contributed by atoms with E-state index in [-0.39, 0.29) is 111 Å². The first-order chi connectivity index (χ1) is 28.6. The molecule has 4 fully saturated rings. The van der Waals surface area contributed by atoms with Gasteiger partial charge >= 0.3 is 17.9 Å². The van der Waals surface area contributed by atoms with Crippen LogP contribution in [0.15, 0.2) is 0 Å². The third kappa shape index (κ3) is 13.0. The van der Waals surface area contributed by atoms with Gasteiger partial charge in [-0.1, -0.05) is 20.8 Å². The summed E-state index contributed by atoms with van der Waals surface area (Å²) in [4.78, 5) is 56.9. The quantitative estimate of drug-likeness (QED) is 0.0334. The summed E-state index contributed by atoms with van der Waals surface area (Å²) in [6, 6.07) is -1.39. The molecule has 4 saturated carbocycles. The molecule has 1 amide bonds. The van der Waals surface area contributed by atoms with E-state index in [0.29, 0.717) is 32.1 Å². The number of aliphatic carboxylic acids is 3. The summed E-state index contributed by atoms with van der Waals surface area (Å²) in [7, 11) is 0. The minimum absolute atomic E-state index is 0.00552. The standard InChI is InChI=1S/C42H74N4O15/c1-24(5-10-35(50)51)29-7-8-30-40-31(17-33(48)42(29,30)4)41(3)12-11-27(15-26(41)16-32(40)47)43-34(49)9-6-28(23-61-60)45(14-13-44(19-36(52)53)20-37(54)55)18-25(2)46(21-38(56)57)22-39(58)59/h24-33,38-40,47-48,56-60H,5-23H2,1-4H3,(H,43,49)(H,50,51)(H,52,53)(H,54,55)/t24?,25?,26?,27?,28?,29-,30?,31?,32?,33?,40?,41+,42-/m1/s1. The van der Waals surface area contributed by atoms with E-state index in [1.807, 2.05) is 0 Å². The Morgan fingerprint density at radius 2 is 1.41 bits per heavy atom. The van der Waals surface area contributed by atoms with E-state index in [1.165, 1.54) is 9.80 Å². The summed E-state index contributed by atoms with van der Waals surface area (Å²) in [5, 5.41) is 103. The second-order valence-electron chi connectivity index (χ2n) is 19.3. The lowest BCUT2D eigenvalue weighted by Crippen LogP contribution is -2.63. The Morgan fingerprint density at radius 3 is 1.98 bits per heavy atom. The lowest BCUT2D eigenvalue weighted by Gasteiger charge is -2.63. The van der Waals surface area contributed by atoms with Gasteiger partial charge in [-0.25, -0.2) is 4.89 Å². The summed E-state index contributed by atoms with van der Waals surface area (Å²) >= 11 is 0. The lowest BCUT2D eigenvalue weighted by molar-refractivity contribution is -0.252. The molecule has 19 heteroatoms. The molecule has 0 aromatic heterocycles. The molecule has 11 N–H and O–H groups in total. The monoisotopic (exact) mass is 875 g/mol. The van der Waals surface area contributed by atoms with E-state index in [2.05, 4.69) is 31.0 Å². The number of amides is 1. The van der Waals surface area contributed by atoms with Gasteiger partial charge in [-0.15, -0.1) is 0 Å². The number of hydrogen-bond acceptors (Lipinski definition) is 15. The highest BCUT2D eigenvalue weighted by Crippen LogP contribution is 2.68. The zero-order valence-corrected chi connectivity index (χ0v) is 36.3. The van der Waals surface area contributed by atoms with Crippen molar-refractivity contribution in [1.82, 2.24) is 20.0 Å². The van der Waals surface area contributed by atoms with Gasteiger partial charge in [-0.3, -0.25) is 39.1 Å². The van der Waals surface area contributed by atoms with Gasteiger partial charge in [0, 0.05) is 63.7 Å². The molecule has 19 nitrogen and oxygen atoms in total. The topological polar surface area (TPSA) is 302 Å². The molecule has 61 heavy (non-hydrogen) atoms. The Hall–Kier alpha value is -2.56. The molecule has 10 unspecified atom stereocenters. The van der Waals surface area contributed by atoms with E-state index < -0.39 is 73.3 Å². The van der Waals surface area contributed by atoms with E-state index in [0.717, 1.165) is 19.3 Å². The van der Waals surface area contributed by atoms with Gasteiger partial charge in [-0.05, 0) is 111 Å². The lowest BCUT2D eigenvalue weighted by atomic mass is 9.43. The van der Waals surface area contributed by atoms with Crippen molar-refractivity contribution < 1.29 is 75.3 Å². The Bertz CT molecular complexity index is 1430. The molecule has 13 atom stereocenters. The molecule has 0 aromatic rings. The van der Waals surface area contributed by atoms with E-state index in [4.69, 9.17) is 0 Å². The number of fused-ring (bicyclic) bond motifs is 5. The SMILES string of the molecule is CC(CCC(=O)O)[C@H]1CCC2C3C(O)CC4CC(NC(=O)CCC(COO)N(CCN(CC(=O)O)CC(=O)O)CC(C)N(CC(O)O)CC(O)O)CC[C@]4(C)C3CC(O)[C@@]21C. The van der Waals surface area contributed by atoms with Crippen molar-refractivity contribution in [2.75, 3.05) is 52.4 Å². The van der Waals surface area contributed by atoms with Crippen LogP contribution in [0.25, 0.3) is 0 Å². The maximum absolute atomic E-state index is 13.6. The molecule has 0 saturated heterocycles. The molecule has 4 aliphatic rings. The number of carboxylic acid groups (broad SMARTS) is 3. The molecule has 352 valence electrons. The van der Waals surface area contributed by atoms with E-state index in [1.54, 1.807) is 11.8 Å². The van der Waals surface area contributed by atoms with Gasteiger partial charge in [0.05, 0.1) is 31.9 Å². The first-order valence-electron chi connectivity index (χ1n) is 22.1. The van der Waals surface area contributed by atoms with Crippen LogP contribution in [0, 0.1) is 46.3 Å². The van der Waals surface area contributed by atoms with E-state index in [9.17, 15) is 70.4 Å². The number of hydrogen-bond donors (Lipinski definition) is 11. The minimum Gasteiger partial charge on any atom is -0.481 e. The second-order valence-corrected chi connectivity index (χ2v) is 19.3. The summed E-state index contributed by atoms with van der Waals surface area (Å²) in [5.74, 6) is -2.85. The number of rotatable bonds is 25. The average molecular weight is 875 g/mol.